The van der Waals surface area contributed by atoms with Crippen molar-refractivity contribution in [3.63, 3.8) is 0 Å². The number of hydrogen-bond donors (Lipinski definition) is 0. The second-order valence-electron chi connectivity index (χ2n) is 4.96. The summed E-state index contributed by atoms with van der Waals surface area (Å²) in [6, 6.07) is 0. The first-order chi connectivity index (χ1) is 8.86. The smallest absolute Gasteiger partial charge is 0.312 e. The molecule has 108 valence electrons. The Bertz CT molecular complexity index is 174. The van der Waals surface area contributed by atoms with Crippen molar-refractivity contribution in [2.75, 3.05) is 13.2 Å². The van der Waals surface area contributed by atoms with E-state index in [1.807, 2.05) is 0 Å². The van der Waals surface area contributed by atoms with E-state index in [0.717, 1.165) is 38.9 Å². The van der Waals surface area contributed by atoms with Gasteiger partial charge in [0.2, 0.25) is 0 Å². The first kappa shape index (κ1) is 16.4. The Morgan fingerprint density at radius 1 is 0.889 bits per heavy atom. The molecule has 1 rings (SSSR count). The molecular weight excluding hydrogens is 247 g/mol. The predicted molar refractivity (Wildman–Crippen MR) is 76.6 cm³/mol. The molecule has 1 aliphatic carbocycles. The lowest BCUT2D eigenvalue weighted by molar-refractivity contribution is 0.0939. The Balaban J connectivity index is 2.22. The molecule has 0 aromatic heterocycles. The van der Waals surface area contributed by atoms with Crippen LogP contribution in [0, 0.1) is 0 Å². The molecule has 0 bridgehead atoms. The highest BCUT2D eigenvalue weighted by atomic mass is 31.2. The van der Waals surface area contributed by atoms with Gasteiger partial charge in [0.05, 0.1) is 19.3 Å². The molecule has 1 saturated carbocycles. The fraction of sp³-hybridized carbons (Fsp3) is 1.00. The Morgan fingerprint density at radius 3 is 1.94 bits per heavy atom. The molecule has 0 radical (unpaired) electrons. The molecule has 4 heteroatoms. The third-order valence-electron chi connectivity index (χ3n) is 3.18. The monoisotopic (exact) mass is 276 g/mol. The maximum absolute atomic E-state index is 6.00. The van der Waals surface area contributed by atoms with Crippen LogP contribution < -0.4 is 0 Å². The van der Waals surface area contributed by atoms with Crippen molar-refractivity contribution in [3.05, 3.63) is 0 Å². The molecule has 0 spiro atoms. The van der Waals surface area contributed by atoms with Crippen molar-refractivity contribution in [2.24, 2.45) is 0 Å². The number of rotatable bonds is 10. The summed E-state index contributed by atoms with van der Waals surface area (Å²) in [7, 11) is -1.11. The van der Waals surface area contributed by atoms with E-state index in [2.05, 4.69) is 13.8 Å². The van der Waals surface area contributed by atoms with Gasteiger partial charge in [0.25, 0.3) is 0 Å². The number of hydrogen-bond acceptors (Lipinski definition) is 3. The van der Waals surface area contributed by atoms with E-state index in [1.165, 1.54) is 32.1 Å². The highest BCUT2D eigenvalue weighted by Gasteiger charge is 2.21. The molecule has 0 aromatic carbocycles. The highest BCUT2D eigenvalue weighted by Crippen LogP contribution is 2.43. The standard InChI is InChI=1S/C14H29O3P/c1-3-5-12-15-18(16-13-6-4-2)17-14-10-8-7-9-11-14/h14H,3-13H2,1-2H3. The van der Waals surface area contributed by atoms with Crippen LogP contribution in [0.2, 0.25) is 0 Å². The summed E-state index contributed by atoms with van der Waals surface area (Å²) < 4.78 is 17.5. The topological polar surface area (TPSA) is 27.7 Å². The fourth-order valence-corrected chi connectivity index (χ4v) is 3.16. The average molecular weight is 276 g/mol. The van der Waals surface area contributed by atoms with Crippen molar-refractivity contribution in [3.8, 4) is 0 Å². The molecule has 0 aliphatic heterocycles. The van der Waals surface area contributed by atoms with Crippen LogP contribution in [0.15, 0.2) is 0 Å². The third kappa shape index (κ3) is 7.68. The van der Waals surface area contributed by atoms with E-state index >= 15 is 0 Å². The molecule has 18 heavy (non-hydrogen) atoms. The van der Waals surface area contributed by atoms with Gasteiger partial charge in [-0.25, -0.2) is 0 Å². The molecule has 1 fully saturated rings. The molecule has 1 aliphatic rings. The van der Waals surface area contributed by atoms with E-state index in [1.54, 1.807) is 0 Å². The molecule has 0 heterocycles. The zero-order valence-electron chi connectivity index (χ0n) is 12.0. The van der Waals surface area contributed by atoms with Gasteiger partial charge in [0.15, 0.2) is 0 Å². The van der Waals surface area contributed by atoms with Gasteiger partial charge in [-0.3, -0.25) is 0 Å². The molecule has 0 saturated heterocycles. The lowest BCUT2D eigenvalue weighted by Gasteiger charge is -2.25. The van der Waals surface area contributed by atoms with Gasteiger partial charge >= 0.3 is 8.60 Å². The molecule has 0 N–H and O–H groups in total. The lowest BCUT2D eigenvalue weighted by Crippen LogP contribution is -2.15. The van der Waals surface area contributed by atoms with Crippen LogP contribution in [0.3, 0.4) is 0 Å². The minimum atomic E-state index is -1.11. The highest BCUT2D eigenvalue weighted by molar-refractivity contribution is 7.41. The van der Waals surface area contributed by atoms with Crippen molar-refractivity contribution < 1.29 is 13.6 Å². The van der Waals surface area contributed by atoms with Crippen molar-refractivity contribution in [1.29, 1.82) is 0 Å². The normalized spacial score (nSPS) is 17.5. The van der Waals surface area contributed by atoms with Gasteiger partial charge in [0, 0.05) is 0 Å². The van der Waals surface area contributed by atoms with Gasteiger partial charge < -0.3 is 13.6 Å². The first-order valence-electron chi connectivity index (χ1n) is 7.59. The quantitative estimate of drug-likeness (QED) is 0.405. The Hall–Kier alpha value is 0.310. The van der Waals surface area contributed by atoms with Crippen LogP contribution >= 0.6 is 8.60 Å². The maximum atomic E-state index is 6.00. The molecule has 0 unspecified atom stereocenters. The van der Waals surface area contributed by atoms with E-state index in [9.17, 15) is 0 Å². The zero-order valence-corrected chi connectivity index (χ0v) is 12.9. The van der Waals surface area contributed by atoms with Crippen molar-refractivity contribution in [1.82, 2.24) is 0 Å². The van der Waals surface area contributed by atoms with Crippen molar-refractivity contribution >= 4 is 8.60 Å². The Morgan fingerprint density at radius 2 is 1.44 bits per heavy atom. The Labute approximate surface area is 114 Å². The van der Waals surface area contributed by atoms with Gasteiger partial charge in [-0.15, -0.1) is 0 Å². The van der Waals surface area contributed by atoms with E-state index in [0.29, 0.717) is 6.10 Å². The fourth-order valence-electron chi connectivity index (χ4n) is 1.96. The van der Waals surface area contributed by atoms with Gasteiger partial charge in [-0.1, -0.05) is 46.0 Å². The van der Waals surface area contributed by atoms with Crippen LogP contribution in [-0.2, 0) is 13.6 Å². The van der Waals surface area contributed by atoms with Gasteiger partial charge in [-0.2, -0.15) is 0 Å². The molecule has 0 amide bonds. The molecular formula is C14H29O3P. The van der Waals surface area contributed by atoms with Gasteiger partial charge in [-0.05, 0) is 25.7 Å². The predicted octanol–water partition coefficient (Wildman–Crippen LogP) is 5.20. The van der Waals surface area contributed by atoms with Crippen LogP contribution in [0.5, 0.6) is 0 Å². The largest absolute Gasteiger partial charge is 0.332 e. The summed E-state index contributed by atoms with van der Waals surface area (Å²) in [5.41, 5.74) is 0. The van der Waals surface area contributed by atoms with E-state index in [-0.39, 0.29) is 0 Å². The minimum Gasteiger partial charge on any atom is -0.312 e. The van der Waals surface area contributed by atoms with E-state index in [4.69, 9.17) is 13.6 Å². The summed E-state index contributed by atoms with van der Waals surface area (Å²) in [4.78, 5) is 0. The second kappa shape index (κ2) is 11.2. The van der Waals surface area contributed by atoms with Crippen LogP contribution in [0.1, 0.15) is 71.6 Å². The summed E-state index contributed by atoms with van der Waals surface area (Å²) in [5.74, 6) is 0. The first-order valence-corrected chi connectivity index (χ1v) is 8.69. The second-order valence-corrected chi connectivity index (χ2v) is 6.14. The zero-order chi connectivity index (χ0) is 13.1. The summed E-state index contributed by atoms with van der Waals surface area (Å²) in [6.07, 6.45) is 11.1. The maximum Gasteiger partial charge on any atom is 0.332 e. The van der Waals surface area contributed by atoms with Gasteiger partial charge in [0.1, 0.15) is 0 Å². The average Bonchev–Trinajstić information content (AvgIpc) is 2.40. The summed E-state index contributed by atoms with van der Waals surface area (Å²) in [5, 5.41) is 0. The van der Waals surface area contributed by atoms with E-state index < -0.39 is 8.60 Å². The summed E-state index contributed by atoms with van der Waals surface area (Å²) >= 11 is 0. The lowest BCUT2D eigenvalue weighted by atomic mass is 9.98. The van der Waals surface area contributed by atoms with Crippen LogP contribution in [0.4, 0.5) is 0 Å². The SMILES string of the molecule is CCCCOP(OCCCC)OC1CCCCC1. The third-order valence-corrected chi connectivity index (χ3v) is 4.43. The van der Waals surface area contributed by atoms with Crippen molar-refractivity contribution in [2.45, 2.75) is 77.7 Å². The van der Waals surface area contributed by atoms with Crippen LogP contribution in [0.25, 0.3) is 0 Å². The Kier molecular flexibility index (Phi) is 10.1. The minimum absolute atomic E-state index is 0.369. The molecule has 3 nitrogen and oxygen atoms in total. The summed E-state index contributed by atoms with van der Waals surface area (Å²) in [6.45, 7) is 5.87. The molecule has 0 aromatic rings. The molecule has 0 atom stereocenters. The van der Waals surface area contributed by atoms with Crippen LogP contribution in [-0.4, -0.2) is 19.3 Å². The number of unbranched alkanes of at least 4 members (excludes halogenated alkanes) is 2.